The second-order valence-corrected chi connectivity index (χ2v) is 4.20. The summed E-state index contributed by atoms with van der Waals surface area (Å²) in [5.74, 6) is -2.22. The summed E-state index contributed by atoms with van der Waals surface area (Å²) in [7, 11) is 0. The van der Waals surface area contributed by atoms with Crippen LogP contribution < -0.4 is 4.90 Å². The number of aliphatic carboxylic acids is 1. The summed E-state index contributed by atoms with van der Waals surface area (Å²) < 4.78 is 0. The van der Waals surface area contributed by atoms with Gasteiger partial charge in [-0.25, -0.2) is 4.79 Å². The predicted octanol–water partition coefficient (Wildman–Crippen LogP) is 1.94. The maximum Gasteiger partial charge on any atom is 0.377 e. The number of nitrogens with zero attached hydrogens (tertiary/aromatic N) is 1. The zero-order valence-corrected chi connectivity index (χ0v) is 9.56. The first kappa shape index (κ1) is 11.6. The van der Waals surface area contributed by atoms with Crippen LogP contribution in [0.2, 0.25) is 0 Å². The highest BCUT2D eigenvalue weighted by Crippen LogP contribution is 2.24. The van der Waals surface area contributed by atoms with E-state index in [4.69, 9.17) is 5.11 Å². The van der Waals surface area contributed by atoms with Crippen molar-refractivity contribution in [2.75, 3.05) is 18.0 Å². The normalized spacial score (nSPS) is 15.6. The van der Waals surface area contributed by atoms with E-state index in [0.29, 0.717) is 5.56 Å². The second-order valence-electron chi connectivity index (χ2n) is 4.20. The Morgan fingerprint density at radius 2 is 1.71 bits per heavy atom. The van der Waals surface area contributed by atoms with Gasteiger partial charge in [-0.1, -0.05) is 12.1 Å². The zero-order chi connectivity index (χ0) is 12.3. The zero-order valence-electron chi connectivity index (χ0n) is 9.56. The molecule has 0 atom stereocenters. The third-order valence-electron chi connectivity index (χ3n) is 3.04. The monoisotopic (exact) mass is 233 g/mol. The Kier molecular flexibility index (Phi) is 3.42. The van der Waals surface area contributed by atoms with Gasteiger partial charge < -0.3 is 10.0 Å². The molecule has 1 fully saturated rings. The number of piperidine rings is 1. The van der Waals surface area contributed by atoms with E-state index < -0.39 is 11.8 Å². The summed E-state index contributed by atoms with van der Waals surface area (Å²) in [5, 5.41) is 8.79. The van der Waals surface area contributed by atoms with Crippen molar-refractivity contribution in [3.05, 3.63) is 29.8 Å². The number of carboxylic acid groups (broad SMARTS) is 1. The van der Waals surface area contributed by atoms with Crippen molar-refractivity contribution in [2.45, 2.75) is 19.3 Å². The molecule has 0 unspecified atom stereocenters. The topological polar surface area (TPSA) is 57.6 Å². The van der Waals surface area contributed by atoms with Gasteiger partial charge in [-0.3, -0.25) is 4.79 Å². The largest absolute Gasteiger partial charge is 0.475 e. The molecule has 0 radical (unpaired) electrons. The van der Waals surface area contributed by atoms with Crippen LogP contribution in [0.4, 0.5) is 5.69 Å². The van der Waals surface area contributed by atoms with Crippen molar-refractivity contribution in [2.24, 2.45) is 0 Å². The van der Waals surface area contributed by atoms with E-state index in [1.54, 1.807) is 12.1 Å². The number of benzene rings is 1. The second kappa shape index (κ2) is 4.99. The maximum absolute atomic E-state index is 11.6. The highest BCUT2D eigenvalue weighted by molar-refractivity contribution is 6.41. The third kappa shape index (κ3) is 2.46. The lowest BCUT2D eigenvalue weighted by atomic mass is 10.0. The van der Waals surface area contributed by atoms with E-state index in [1.807, 2.05) is 12.1 Å². The van der Waals surface area contributed by atoms with Gasteiger partial charge >= 0.3 is 5.97 Å². The first-order valence-electron chi connectivity index (χ1n) is 5.82. The first-order valence-corrected chi connectivity index (χ1v) is 5.82. The van der Waals surface area contributed by atoms with Crippen LogP contribution in [0.15, 0.2) is 24.3 Å². The van der Waals surface area contributed by atoms with Crippen molar-refractivity contribution in [3.8, 4) is 0 Å². The van der Waals surface area contributed by atoms with Crippen molar-refractivity contribution in [1.29, 1.82) is 0 Å². The van der Waals surface area contributed by atoms with Crippen LogP contribution in [-0.2, 0) is 4.79 Å². The molecule has 0 aliphatic carbocycles. The minimum Gasteiger partial charge on any atom is -0.475 e. The molecule has 17 heavy (non-hydrogen) atoms. The number of para-hydroxylation sites is 1. The fourth-order valence-electron chi connectivity index (χ4n) is 2.19. The molecule has 0 spiro atoms. The molecule has 0 amide bonds. The van der Waals surface area contributed by atoms with Crippen molar-refractivity contribution < 1.29 is 14.7 Å². The third-order valence-corrected chi connectivity index (χ3v) is 3.04. The number of hydrogen-bond donors (Lipinski definition) is 1. The van der Waals surface area contributed by atoms with Gasteiger partial charge in [0.1, 0.15) is 0 Å². The van der Waals surface area contributed by atoms with Crippen LogP contribution >= 0.6 is 0 Å². The molecule has 1 aromatic rings. The number of carbonyl (C=O) groups is 2. The van der Waals surface area contributed by atoms with E-state index >= 15 is 0 Å². The smallest absolute Gasteiger partial charge is 0.377 e. The molecule has 90 valence electrons. The van der Waals surface area contributed by atoms with Gasteiger partial charge in [-0.05, 0) is 31.4 Å². The van der Waals surface area contributed by atoms with Gasteiger partial charge in [0, 0.05) is 18.8 Å². The van der Waals surface area contributed by atoms with Crippen molar-refractivity contribution in [1.82, 2.24) is 0 Å². The van der Waals surface area contributed by atoms with Gasteiger partial charge in [0.05, 0.1) is 5.56 Å². The molecule has 1 N–H and O–H groups in total. The molecule has 0 bridgehead atoms. The molecule has 2 rings (SSSR count). The first-order chi connectivity index (χ1) is 8.20. The minimum atomic E-state index is -1.39. The van der Waals surface area contributed by atoms with Crippen LogP contribution in [0.1, 0.15) is 29.6 Å². The predicted molar refractivity (Wildman–Crippen MR) is 64.5 cm³/mol. The lowest BCUT2D eigenvalue weighted by molar-refractivity contribution is -0.131. The molecular weight excluding hydrogens is 218 g/mol. The molecule has 4 nitrogen and oxygen atoms in total. The van der Waals surface area contributed by atoms with Crippen LogP contribution in [0.25, 0.3) is 0 Å². The van der Waals surface area contributed by atoms with E-state index in [2.05, 4.69) is 4.90 Å². The summed E-state index contributed by atoms with van der Waals surface area (Å²) in [6.07, 6.45) is 3.39. The number of carboxylic acids is 1. The molecule has 1 heterocycles. The summed E-state index contributed by atoms with van der Waals surface area (Å²) in [5.41, 5.74) is 1.04. The van der Waals surface area contributed by atoms with Crippen LogP contribution in [-0.4, -0.2) is 29.9 Å². The lowest BCUT2D eigenvalue weighted by Gasteiger charge is -2.30. The van der Waals surface area contributed by atoms with Gasteiger partial charge in [0.15, 0.2) is 0 Å². The number of hydrogen-bond acceptors (Lipinski definition) is 3. The Balaban J connectivity index is 2.32. The Morgan fingerprint density at radius 3 is 2.35 bits per heavy atom. The highest BCUT2D eigenvalue weighted by Gasteiger charge is 2.21. The molecule has 1 saturated heterocycles. The summed E-state index contributed by atoms with van der Waals surface area (Å²) in [4.78, 5) is 24.4. The standard InChI is InChI=1S/C13H15NO3/c15-12(13(16)17)10-6-2-3-7-11(10)14-8-4-1-5-9-14/h2-3,6-7H,1,4-5,8-9H2,(H,16,17). The molecule has 0 aromatic heterocycles. The van der Waals surface area contributed by atoms with Crippen molar-refractivity contribution >= 4 is 17.4 Å². The van der Waals surface area contributed by atoms with Gasteiger partial charge in [-0.15, -0.1) is 0 Å². The van der Waals surface area contributed by atoms with E-state index in [0.717, 1.165) is 31.6 Å². The Hall–Kier alpha value is -1.84. The van der Waals surface area contributed by atoms with Crippen LogP contribution in [0, 0.1) is 0 Å². The number of anilines is 1. The molecular formula is C13H15NO3. The fraction of sp³-hybridized carbons (Fsp3) is 0.385. The SMILES string of the molecule is O=C(O)C(=O)c1ccccc1N1CCCCC1. The van der Waals surface area contributed by atoms with E-state index in [9.17, 15) is 9.59 Å². The average molecular weight is 233 g/mol. The molecule has 4 heteroatoms. The Bertz CT molecular complexity index is 436. The number of Topliss-reactive ketones (excluding diaryl/α,β-unsaturated/α-hetero) is 1. The number of rotatable bonds is 3. The fourth-order valence-corrected chi connectivity index (χ4v) is 2.19. The average Bonchev–Trinajstić information content (AvgIpc) is 2.39. The van der Waals surface area contributed by atoms with Crippen molar-refractivity contribution in [3.63, 3.8) is 0 Å². The Morgan fingerprint density at radius 1 is 1.06 bits per heavy atom. The van der Waals surface area contributed by atoms with E-state index in [1.165, 1.54) is 6.42 Å². The van der Waals surface area contributed by atoms with E-state index in [-0.39, 0.29) is 0 Å². The number of carbonyl (C=O) groups excluding carboxylic acids is 1. The quantitative estimate of drug-likeness (QED) is 0.640. The molecule has 1 aliphatic rings. The molecule has 1 aliphatic heterocycles. The van der Waals surface area contributed by atoms with Crippen LogP contribution in [0.5, 0.6) is 0 Å². The van der Waals surface area contributed by atoms with Gasteiger partial charge in [0.25, 0.3) is 5.78 Å². The molecule has 1 aromatic carbocycles. The summed E-state index contributed by atoms with van der Waals surface area (Å²) >= 11 is 0. The maximum atomic E-state index is 11.6. The van der Waals surface area contributed by atoms with Crippen LogP contribution in [0.3, 0.4) is 0 Å². The lowest BCUT2D eigenvalue weighted by Crippen LogP contribution is -2.31. The molecule has 0 saturated carbocycles. The Labute approximate surface area is 99.9 Å². The highest BCUT2D eigenvalue weighted by atomic mass is 16.4. The van der Waals surface area contributed by atoms with Gasteiger partial charge in [0.2, 0.25) is 0 Å². The summed E-state index contributed by atoms with van der Waals surface area (Å²) in [6, 6.07) is 6.94. The minimum absolute atomic E-state index is 0.293. The number of ketones is 1. The summed E-state index contributed by atoms with van der Waals surface area (Å²) in [6.45, 7) is 1.79. The van der Waals surface area contributed by atoms with Gasteiger partial charge in [-0.2, -0.15) is 0 Å².